The molecule has 0 unspecified atom stereocenters. The Balaban J connectivity index is 1.64. The molecule has 2 aromatic rings. The highest BCUT2D eigenvalue weighted by Gasteiger charge is 2.26. The number of thiophene rings is 1. The Hall–Kier alpha value is -2.25. The third-order valence-corrected chi connectivity index (χ3v) is 5.90. The number of carbonyl (C=O) groups is 1. The van der Waals surface area contributed by atoms with Crippen LogP contribution in [0, 0.1) is 16.0 Å². The standard InChI is InChI=1S/C19H23N3O3S/c1-13(2)16(21-10-9-14-5-3-4-6-15(14)12-21)11-20-19(23)17-7-8-18(26-17)22(24)25/h3-8,13,16H,9-12H2,1-2H3,(H,20,23)/t16-/m0/s1. The Kier molecular flexibility index (Phi) is 5.68. The summed E-state index contributed by atoms with van der Waals surface area (Å²) in [6.07, 6.45) is 1.02. The summed E-state index contributed by atoms with van der Waals surface area (Å²) in [5, 5.41) is 13.7. The third-order valence-electron chi connectivity index (χ3n) is 4.87. The SMILES string of the molecule is CC(C)[C@H](CNC(=O)c1ccc([N+](=O)[O-])s1)N1CCc2ccccc2C1. The zero-order valence-electron chi connectivity index (χ0n) is 15.0. The van der Waals surface area contributed by atoms with Crippen molar-refractivity contribution in [2.75, 3.05) is 13.1 Å². The second-order valence-electron chi connectivity index (χ2n) is 6.91. The molecule has 0 fully saturated rings. The number of amides is 1. The molecule has 6 nitrogen and oxygen atoms in total. The number of nitrogens with one attached hydrogen (secondary N) is 1. The van der Waals surface area contributed by atoms with Crippen LogP contribution in [0.1, 0.15) is 34.6 Å². The van der Waals surface area contributed by atoms with Crippen molar-refractivity contribution in [1.29, 1.82) is 0 Å². The molecular formula is C19H23N3O3S. The number of benzene rings is 1. The van der Waals surface area contributed by atoms with E-state index >= 15 is 0 Å². The highest BCUT2D eigenvalue weighted by atomic mass is 32.1. The Morgan fingerprint density at radius 3 is 2.65 bits per heavy atom. The number of rotatable bonds is 6. The van der Waals surface area contributed by atoms with Crippen molar-refractivity contribution in [3.05, 3.63) is 62.5 Å². The molecule has 1 aliphatic rings. The molecule has 1 atom stereocenters. The van der Waals surface area contributed by atoms with Crippen LogP contribution in [-0.2, 0) is 13.0 Å². The number of nitro groups is 1. The predicted molar refractivity (Wildman–Crippen MR) is 102 cm³/mol. The van der Waals surface area contributed by atoms with Crippen LogP contribution in [0.5, 0.6) is 0 Å². The lowest BCUT2D eigenvalue weighted by atomic mass is 9.95. The van der Waals surface area contributed by atoms with Crippen LogP contribution in [0.4, 0.5) is 5.00 Å². The van der Waals surface area contributed by atoms with Gasteiger partial charge in [0.25, 0.3) is 5.91 Å². The monoisotopic (exact) mass is 373 g/mol. The van der Waals surface area contributed by atoms with Crippen LogP contribution in [-0.4, -0.2) is 34.9 Å². The summed E-state index contributed by atoms with van der Waals surface area (Å²) in [6, 6.07) is 11.6. The van der Waals surface area contributed by atoms with E-state index in [0.29, 0.717) is 17.3 Å². The van der Waals surface area contributed by atoms with Crippen molar-refractivity contribution in [3.8, 4) is 0 Å². The van der Waals surface area contributed by atoms with Gasteiger partial charge in [-0.3, -0.25) is 19.8 Å². The van der Waals surface area contributed by atoms with Gasteiger partial charge in [0, 0.05) is 31.7 Å². The topological polar surface area (TPSA) is 75.5 Å². The summed E-state index contributed by atoms with van der Waals surface area (Å²) in [5.74, 6) is 0.143. The number of hydrogen-bond acceptors (Lipinski definition) is 5. The zero-order chi connectivity index (χ0) is 18.7. The molecule has 0 saturated heterocycles. The summed E-state index contributed by atoms with van der Waals surface area (Å²) < 4.78 is 0. The maximum atomic E-state index is 12.3. The van der Waals surface area contributed by atoms with Crippen molar-refractivity contribution in [3.63, 3.8) is 0 Å². The van der Waals surface area contributed by atoms with E-state index < -0.39 is 4.92 Å². The van der Waals surface area contributed by atoms with Crippen molar-refractivity contribution in [2.45, 2.75) is 32.9 Å². The number of nitrogens with zero attached hydrogens (tertiary/aromatic N) is 2. The fourth-order valence-corrected chi connectivity index (χ4v) is 4.16. The van der Waals surface area contributed by atoms with Crippen molar-refractivity contribution in [2.24, 2.45) is 5.92 Å². The van der Waals surface area contributed by atoms with E-state index in [1.807, 2.05) is 0 Å². The molecule has 1 aromatic carbocycles. The van der Waals surface area contributed by atoms with Crippen LogP contribution in [0.15, 0.2) is 36.4 Å². The smallest absolute Gasteiger partial charge is 0.324 e. The van der Waals surface area contributed by atoms with Gasteiger partial charge in [-0.25, -0.2) is 0 Å². The lowest BCUT2D eigenvalue weighted by molar-refractivity contribution is -0.380. The molecule has 7 heteroatoms. The van der Waals surface area contributed by atoms with E-state index in [0.717, 1.165) is 30.8 Å². The van der Waals surface area contributed by atoms with E-state index in [-0.39, 0.29) is 17.0 Å². The van der Waals surface area contributed by atoms with E-state index in [1.54, 1.807) is 0 Å². The average molecular weight is 373 g/mol. The summed E-state index contributed by atoms with van der Waals surface area (Å²) in [5.41, 5.74) is 2.76. The molecule has 0 spiro atoms. The molecule has 0 bridgehead atoms. The molecule has 1 N–H and O–H groups in total. The van der Waals surface area contributed by atoms with Gasteiger partial charge in [0.15, 0.2) is 0 Å². The van der Waals surface area contributed by atoms with E-state index in [4.69, 9.17) is 0 Å². The first-order valence-electron chi connectivity index (χ1n) is 8.79. The Bertz CT molecular complexity index is 803. The molecule has 0 aliphatic carbocycles. The van der Waals surface area contributed by atoms with Crippen LogP contribution in [0.2, 0.25) is 0 Å². The Morgan fingerprint density at radius 2 is 2.00 bits per heavy atom. The lowest BCUT2D eigenvalue weighted by Crippen LogP contribution is -2.48. The largest absolute Gasteiger partial charge is 0.350 e. The molecule has 2 heterocycles. The van der Waals surface area contributed by atoms with Crippen molar-refractivity contribution < 1.29 is 9.72 Å². The normalized spacial score (nSPS) is 15.5. The lowest BCUT2D eigenvalue weighted by Gasteiger charge is -2.38. The Morgan fingerprint density at radius 1 is 1.27 bits per heavy atom. The Labute approximate surface area is 157 Å². The second-order valence-corrected chi connectivity index (χ2v) is 7.97. The molecule has 1 aliphatic heterocycles. The second kappa shape index (κ2) is 7.97. The molecule has 3 rings (SSSR count). The van der Waals surface area contributed by atoms with Crippen molar-refractivity contribution in [1.82, 2.24) is 10.2 Å². The van der Waals surface area contributed by atoms with Gasteiger partial charge in [0.05, 0.1) is 9.80 Å². The minimum atomic E-state index is -0.469. The van der Waals surface area contributed by atoms with Gasteiger partial charge in [-0.2, -0.15) is 0 Å². The van der Waals surface area contributed by atoms with Crippen molar-refractivity contribution >= 4 is 22.2 Å². The van der Waals surface area contributed by atoms with Gasteiger partial charge in [-0.15, -0.1) is 0 Å². The first-order chi connectivity index (χ1) is 12.5. The van der Waals surface area contributed by atoms with E-state index in [9.17, 15) is 14.9 Å². The summed E-state index contributed by atoms with van der Waals surface area (Å²) in [4.78, 5) is 25.5. The maximum Gasteiger partial charge on any atom is 0.324 e. The zero-order valence-corrected chi connectivity index (χ0v) is 15.8. The summed E-state index contributed by atoms with van der Waals surface area (Å²) in [7, 11) is 0. The molecular weight excluding hydrogens is 350 g/mol. The maximum absolute atomic E-state index is 12.3. The van der Waals surface area contributed by atoms with Gasteiger partial charge in [0.1, 0.15) is 0 Å². The van der Waals surface area contributed by atoms with E-state index in [1.165, 1.54) is 23.3 Å². The van der Waals surface area contributed by atoms with Gasteiger partial charge in [0.2, 0.25) is 0 Å². The first-order valence-corrected chi connectivity index (χ1v) is 9.60. The summed E-state index contributed by atoms with van der Waals surface area (Å²) in [6.45, 7) is 6.71. The van der Waals surface area contributed by atoms with Crippen LogP contribution >= 0.6 is 11.3 Å². The fourth-order valence-electron chi connectivity index (χ4n) is 3.42. The van der Waals surface area contributed by atoms with Gasteiger partial charge in [-0.05, 0) is 29.5 Å². The average Bonchev–Trinajstić information content (AvgIpc) is 3.12. The van der Waals surface area contributed by atoms with Gasteiger partial charge < -0.3 is 5.32 Å². The number of hydrogen-bond donors (Lipinski definition) is 1. The molecule has 1 aromatic heterocycles. The number of fused-ring (bicyclic) bond motifs is 1. The highest BCUT2D eigenvalue weighted by Crippen LogP contribution is 2.25. The molecule has 26 heavy (non-hydrogen) atoms. The predicted octanol–water partition coefficient (Wildman–Crippen LogP) is 3.47. The molecule has 0 radical (unpaired) electrons. The van der Waals surface area contributed by atoms with E-state index in [2.05, 4.69) is 48.3 Å². The fraction of sp³-hybridized carbons (Fsp3) is 0.421. The van der Waals surface area contributed by atoms with Gasteiger partial charge in [-0.1, -0.05) is 49.4 Å². The van der Waals surface area contributed by atoms with Gasteiger partial charge >= 0.3 is 5.00 Å². The third kappa shape index (κ3) is 4.11. The molecule has 138 valence electrons. The molecule has 0 saturated carbocycles. The quantitative estimate of drug-likeness (QED) is 0.621. The first kappa shape index (κ1) is 18.5. The van der Waals surface area contributed by atoms with Crippen LogP contribution in [0.3, 0.4) is 0 Å². The minimum Gasteiger partial charge on any atom is -0.350 e. The highest BCUT2D eigenvalue weighted by molar-refractivity contribution is 7.17. The molecule has 1 amide bonds. The number of carbonyl (C=O) groups excluding carboxylic acids is 1. The minimum absolute atomic E-state index is 0.0109. The van der Waals surface area contributed by atoms with Crippen LogP contribution < -0.4 is 5.32 Å². The summed E-state index contributed by atoms with van der Waals surface area (Å²) >= 11 is 0.911. The van der Waals surface area contributed by atoms with Crippen LogP contribution in [0.25, 0.3) is 0 Å².